The highest BCUT2D eigenvalue weighted by molar-refractivity contribution is 6.42. The number of hydrogen-bond donors (Lipinski definition) is 1. The van der Waals surface area contributed by atoms with E-state index in [4.69, 9.17) is 32.7 Å². The fourth-order valence-electron chi connectivity index (χ4n) is 3.33. The Kier molecular flexibility index (Phi) is 9.73. The first-order valence-corrected chi connectivity index (χ1v) is 11.6. The Hall–Kier alpha value is -3.04. The van der Waals surface area contributed by atoms with Crippen LogP contribution in [0.3, 0.4) is 0 Å². The number of nitrogens with zero attached hydrogens (tertiary/aromatic N) is 2. The van der Waals surface area contributed by atoms with Crippen LogP contribution in [-0.4, -0.2) is 46.9 Å². The molecule has 0 radical (unpaired) electrons. The highest BCUT2D eigenvalue weighted by atomic mass is 35.5. The molecule has 0 aromatic heterocycles. The number of rotatable bonds is 10. The number of hydrogen-bond acceptors (Lipinski definition) is 6. The van der Waals surface area contributed by atoms with E-state index < -0.39 is 29.0 Å². The number of benzene rings is 2. The summed E-state index contributed by atoms with van der Waals surface area (Å²) in [7, 11) is 1.30. The van der Waals surface area contributed by atoms with Gasteiger partial charge in [0.1, 0.15) is 11.8 Å². The molecule has 0 aliphatic heterocycles. The van der Waals surface area contributed by atoms with Crippen molar-refractivity contribution in [3.63, 3.8) is 0 Å². The van der Waals surface area contributed by atoms with Crippen LogP contribution in [-0.2, 0) is 16.1 Å². The van der Waals surface area contributed by atoms with Gasteiger partial charge in [-0.25, -0.2) is 0 Å². The predicted molar refractivity (Wildman–Crippen MR) is 134 cm³/mol. The zero-order chi connectivity index (χ0) is 26.3. The second kappa shape index (κ2) is 12.1. The molecule has 0 aliphatic carbocycles. The van der Waals surface area contributed by atoms with Gasteiger partial charge in [-0.2, -0.15) is 0 Å². The summed E-state index contributed by atoms with van der Waals surface area (Å²) in [6, 6.07) is 8.16. The Morgan fingerprint density at radius 2 is 1.83 bits per heavy atom. The molecule has 0 heterocycles. The molecule has 11 heteroatoms. The number of methoxy groups -OCH3 is 1. The molecule has 0 saturated heterocycles. The molecule has 0 unspecified atom stereocenters. The molecule has 0 saturated carbocycles. The third-order valence-corrected chi connectivity index (χ3v) is 5.67. The quantitative estimate of drug-likeness (QED) is 0.344. The van der Waals surface area contributed by atoms with Crippen molar-refractivity contribution in [3.8, 4) is 11.5 Å². The lowest BCUT2D eigenvalue weighted by Crippen LogP contribution is -2.54. The van der Waals surface area contributed by atoms with Gasteiger partial charge in [-0.15, -0.1) is 0 Å². The topological polar surface area (TPSA) is 111 Å². The van der Waals surface area contributed by atoms with Crippen LogP contribution in [0.1, 0.15) is 39.7 Å². The minimum absolute atomic E-state index is 0.00333. The summed E-state index contributed by atoms with van der Waals surface area (Å²) in [6.07, 6.45) is 0.361. The second-order valence-electron chi connectivity index (χ2n) is 8.81. The van der Waals surface area contributed by atoms with E-state index in [-0.39, 0.29) is 29.6 Å². The van der Waals surface area contributed by atoms with Gasteiger partial charge in [0.25, 0.3) is 5.91 Å². The van der Waals surface area contributed by atoms with Crippen molar-refractivity contribution in [1.82, 2.24) is 10.2 Å². The Labute approximate surface area is 214 Å². The molecule has 0 spiro atoms. The first-order valence-electron chi connectivity index (χ1n) is 10.9. The van der Waals surface area contributed by atoms with Crippen LogP contribution in [0.15, 0.2) is 36.4 Å². The Bertz CT molecular complexity index is 1090. The molecule has 0 fully saturated rings. The average molecular weight is 526 g/mol. The molecule has 1 N–H and O–H groups in total. The van der Waals surface area contributed by atoms with Crippen LogP contribution in [0, 0.1) is 10.1 Å². The summed E-state index contributed by atoms with van der Waals surface area (Å²) in [6.45, 7) is 7.07. The van der Waals surface area contributed by atoms with E-state index in [1.807, 2.05) is 27.7 Å². The summed E-state index contributed by atoms with van der Waals surface area (Å²) < 4.78 is 10.7. The van der Waals surface area contributed by atoms with E-state index in [1.165, 1.54) is 30.2 Å². The maximum atomic E-state index is 13.3. The SMILES string of the molecule is CC[C@@H](C(=O)NC(C)(C)C)N(Cc1ccc(Cl)c(Cl)c1)C(=O)COc1ccc([N+](=O)[O-])c(OC)c1. The molecule has 35 heavy (non-hydrogen) atoms. The van der Waals surface area contributed by atoms with Gasteiger partial charge in [0, 0.05) is 24.2 Å². The fraction of sp³-hybridized carbons (Fsp3) is 0.417. The van der Waals surface area contributed by atoms with Crippen LogP contribution in [0.4, 0.5) is 5.69 Å². The molecular weight excluding hydrogens is 497 g/mol. The number of carbonyl (C=O) groups is 2. The summed E-state index contributed by atoms with van der Waals surface area (Å²) in [5, 5.41) is 14.7. The number of halogens is 2. The van der Waals surface area contributed by atoms with E-state index in [0.29, 0.717) is 22.0 Å². The van der Waals surface area contributed by atoms with E-state index in [0.717, 1.165) is 0 Å². The summed E-state index contributed by atoms with van der Waals surface area (Å²) in [5.74, 6) is -0.541. The highest BCUT2D eigenvalue weighted by Crippen LogP contribution is 2.31. The number of ether oxygens (including phenoxy) is 2. The molecule has 0 bridgehead atoms. The molecule has 9 nitrogen and oxygen atoms in total. The predicted octanol–water partition coefficient (Wildman–Crippen LogP) is 5.01. The van der Waals surface area contributed by atoms with Crippen LogP contribution in [0.5, 0.6) is 11.5 Å². The lowest BCUT2D eigenvalue weighted by atomic mass is 10.1. The van der Waals surface area contributed by atoms with Crippen molar-refractivity contribution in [2.24, 2.45) is 0 Å². The first-order chi connectivity index (χ1) is 16.4. The minimum Gasteiger partial charge on any atom is -0.490 e. The number of amides is 2. The minimum atomic E-state index is -0.772. The van der Waals surface area contributed by atoms with Crippen molar-refractivity contribution in [2.75, 3.05) is 13.7 Å². The third-order valence-electron chi connectivity index (χ3n) is 4.93. The fourth-order valence-corrected chi connectivity index (χ4v) is 3.65. The van der Waals surface area contributed by atoms with Gasteiger partial charge in [-0.3, -0.25) is 19.7 Å². The smallest absolute Gasteiger partial charge is 0.311 e. The number of nitro benzene ring substituents is 1. The number of nitro groups is 1. The summed E-state index contributed by atoms with van der Waals surface area (Å²) >= 11 is 12.2. The Balaban J connectivity index is 2.30. The zero-order valence-corrected chi connectivity index (χ0v) is 21.8. The van der Waals surface area contributed by atoms with Gasteiger partial charge in [-0.05, 0) is 51.0 Å². The van der Waals surface area contributed by atoms with Gasteiger partial charge >= 0.3 is 5.69 Å². The van der Waals surface area contributed by atoms with Gasteiger partial charge < -0.3 is 19.7 Å². The lowest BCUT2D eigenvalue weighted by molar-refractivity contribution is -0.385. The standard InChI is InChI=1S/C24H29Cl2N3O6/c1-6-19(23(31)27-24(2,3)4)28(13-15-7-9-17(25)18(26)11-15)22(30)14-35-16-8-10-20(29(32)33)21(12-16)34-5/h7-12,19H,6,13-14H2,1-5H3,(H,27,31)/t19-/m0/s1. The zero-order valence-electron chi connectivity index (χ0n) is 20.3. The van der Waals surface area contributed by atoms with E-state index in [9.17, 15) is 19.7 Å². The molecule has 2 aromatic rings. The molecule has 1 atom stereocenters. The van der Waals surface area contributed by atoms with Crippen molar-refractivity contribution < 1.29 is 24.0 Å². The molecule has 2 rings (SSSR count). The van der Waals surface area contributed by atoms with Crippen molar-refractivity contribution in [3.05, 3.63) is 62.1 Å². The van der Waals surface area contributed by atoms with E-state index in [2.05, 4.69) is 5.32 Å². The second-order valence-corrected chi connectivity index (χ2v) is 9.63. The molecule has 0 aliphatic rings. The van der Waals surface area contributed by atoms with Crippen molar-refractivity contribution in [1.29, 1.82) is 0 Å². The monoisotopic (exact) mass is 525 g/mol. The van der Waals surface area contributed by atoms with Gasteiger partial charge in [-0.1, -0.05) is 36.2 Å². The Morgan fingerprint density at radius 1 is 1.14 bits per heavy atom. The lowest BCUT2D eigenvalue weighted by Gasteiger charge is -2.33. The van der Waals surface area contributed by atoms with Gasteiger partial charge in [0.05, 0.1) is 22.1 Å². The average Bonchev–Trinajstić information content (AvgIpc) is 2.78. The van der Waals surface area contributed by atoms with Crippen LogP contribution >= 0.6 is 23.2 Å². The van der Waals surface area contributed by atoms with Crippen LogP contribution < -0.4 is 14.8 Å². The number of nitrogens with one attached hydrogen (secondary N) is 1. The van der Waals surface area contributed by atoms with Crippen molar-refractivity contribution in [2.45, 2.75) is 52.2 Å². The molecular formula is C24H29Cl2N3O6. The number of carbonyl (C=O) groups excluding carboxylic acids is 2. The summed E-state index contributed by atoms with van der Waals surface area (Å²) in [4.78, 5) is 38.3. The molecule has 190 valence electrons. The van der Waals surface area contributed by atoms with Gasteiger partial charge in [0.2, 0.25) is 11.7 Å². The van der Waals surface area contributed by atoms with Crippen molar-refractivity contribution >= 4 is 40.7 Å². The van der Waals surface area contributed by atoms with Gasteiger partial charge in [0.15, 0.2) is 6.61 Å². The van der Waals surface area contributed by atoms with E-state index >= 15 is 0 Å². The third kappa shape index (κ3) is 8.00. The molecule has 2 aromatic carbocycles. The highest BCUT2D eigenvalue weighted by Gasteiger charge is 2.31. The van der Waals surface area contributed by atoms with Crippen LogP contribution in [0.25, 0.3) is 0 Å². The summed E-state index contributed by atoms with van der Waals surface area (Å²) in [5.41, 5.74) is -0.0293. The largest absolute Gasteiger partial charge is 0.490 e. The first kappa shape index (κ1) is 28.2. The maximum absolute atomic E-state index is 13.3. The normalized spacial score (nSPS) is 12.0. The Morgan fingerprint density at radius 3 is 2.37 bits per heavy atom. The molecule has 2 amide bonds. The maximum Gasteiger partial charge on any atom is 0.311 e. The van der Waals surface area contributed by atoms with E-state index in [1.54, 1.807) is 18.2 Å². The van der Waals surface area contributed by atoms with Crippen LogP contribution in [0.2, 0.25) is 10.0 Å².